The Bertz CT molecular complexity index is 1270. The number of piperidine rings is 1. The van der Waals surface area contributed by atoms with E-state index < -0.39 is 43.4 Å². The van der Waals surface area contributed by atoms with Gasteiger partial charge in [0.25, 0.3) is 0 Å². The highest BCUT2D eigenvalue weighted by molar-refractivity contribution is 7.92. The smallest absolute Gasteiger partial charge is 0.348 e. The Hall–Kier alpha value is -2.24. The average molecular weight is 523 g/mol. The zero-order valence-electron chi connectivity index (χ0n) is 16.7. The summed E-state index contributed by atoms with van der Waals surface area (Å²) in [6.45, 7) is 0.593. The second-order valence-electron chi connectivity index (χ2n) is 7.55. The van der Waals surface area contributed by atoms with Gasteiger partial charge in [-0.25, -0.2) is 22.2 Å². The van der Waals surface area contributed by atoms with Crippen molar-refractivity contribution in [3.05, 3.63) is 64.0 Å². The van der Waals surface area contributed by atoms with Crippen molar-refractivity contribution in [2.24, 2.45) is 0 Å². The van der Waals surface area contributed by atoms with E-state index in [2.05, 4.69) is 4.98 Å². The number of aromatic nitrogens is 1. The van der Waals surface area contributed by atoms with Gasteiger partial charge in [0.15, 0.2) is 15.0 Å². The SMILES string of the molecule is O=S(=O)(c1cc(C(F)(F)F)ccc1Cl)C1CCN(c2nc(-c3cc(F)cc(F)c3)cs2)CC1. The van der Waals surface area contributed by atoms with E-state index in [4.69, 9.17) is 11.6 Å². The van der Waals surface area contributed by atoms with Gasteiger partial charge in [0, 0.05) is 30.1 Å². The van der Waals surface area contributed by atoms with E-state index in [1.807, 2.05) is 4.90 Å². The third kappa shape index (κ3) is 4.99. The first kappa shape index (κ1) is 23.9. The summed E-state index contributed by atoms with van der Waals surface area (Å²) in [6.07, 6.45) is -4.36. The van der Waals surface area contributed by atoms with Crippen molar-refractivity contribution in [1.82, 2.24) is 4.98 Å². The summed E-state index contributed by atoms with van der Waals surface area (Å²) in [7, 11) is -4.09. The molecule has 1 saturated heterocycles. The third-order valence-corrected chi connectivity index (χ3v) is 9.01. The largest absolute Gasteiger partial charge is 0.416 e. The lowest BCUT2D eigenvalue weighted by Gasteiger charge is -2.31. The van der Waals surface area contributed by atoms with Crippen LogP contribution < -0.4 is 4.90 Å². The number of rotatable bonds is 4. The first-order valence-electron chi connectivity index (χ1n) is 9.73. The lowest BCUT2D eigenvalue weighted by molar-refractivity contribution is -0.137. The lowest BCUT2D eigenvalue weighted by atomic mass is 10.1. The number of sulfone groups is 1. The zero-order valence-corrected chi connectivity index (χ0v) is 19.1. The van der Waals surface area contributed by atoms with Gasteiger partial charge in [-0.15, -0.1) is 11.3 Å². The molecule has 0 radical (unpaired) electrons. The Morgan fingerprint density at radius 2 is 1.67 bits per heavy atom. The van der Waals surface area contributed by atoms with Crippen LogP contribution in [0, 0.1) is 11.6 Å². The molecule has 176 valence electrons. The summed E-state index contributed by atoms with van der Waals surface area (Å²) in [5.74, 6) is -1.45. The zero-order chi connectivity index (χ0) is 24.0. The summed E-state index contributed by atoms with van der Waals surface area (Å²) in [4.78, 5) is 5.71. The van der Waals surface area contributed by atoms with E-state index in [1.165, 1.54) is 23.5 Å². The minimum atomic E-state index is -4.69. The van der Waals surface area contributed by atoms with E-state index >= 15 is 0 Å². The molecule has 0 bridgehead atoms. The van der Waals surface area contributed by atoms with Crippen LogP contribution >= 0.6 is 22.9 Å². The molecule has 0 atom stereocenters. The molecule has 4 rings (SSSR count). The average Bonchev–Trinajstić information content (AvgIpc) is 3.23. The van der Waals surface area contributed by atoms with Crippen LogP contribution in [0.2, 0.25) is 5.02 Å². The lowest BCUT2D eigenvalue weighted by Crippen LogP contribution is -2.39. The van der Waals surface area contributed by atoms with Gasteiger partial charge in [0.1, 0.15) is 11.6 Å². The van der Waals surface area contributed by atoms with E-state index in [9.17, 15) is 30.4 Å². The molecule has 3 aromatic rings. The number of nitrogens with zero attached hydrogens (tertiary/aromatic N) is 2. The maximum atomic E-state index is 13.5. The molecule has 1 aliphatic rings. The van der Waals surface area contributed by atoms with Crippen molar-refractivity contribution >= 4 is 37.9 Å². The monoisotopic (exact) mass is 522 g/mol. The maximum Gasteiger partial charge on any atom is 0.416 e. The van der Waals surface area contributed by atoms with Crippen LogP contribution in [0.15, 0.2) is 46.7 Å². The molecular weight excluding hydrogens is 507 g/mol. The van der Waals surface area contributed by atoms with Crippen molar-refractivity contribution in [3.63, 3.8) is 0 Å². The summed E-state index contributed by atoms with van der Waals surface area (Å²) in [6, 6.07) is 5.36. The Balaban J connectivity index is 1.50. The predicted octanol–water partition coefficient (Wildman–Crippen LogP) is 6.20. The molecule has 0 saturated carbocycles. The number of benzene rings is 2. The van der Waals surface area contributed by atoms with Gasteiger partial charge in [0.2, 0.25) is 0 Å². The topological polar surface area (TPSA) is 50.3 Å². The quantitative estimate of drug-likeness (QED) is 0.383. The number of thiazole rings is 1. The van der Waals surface area contributed by atoms with Crippen molar-refractivity contribution in [3.8, 4) is 11.3 Å². The number of hydrogen-bond acceptors (Lipinski definition) is 5. The van der Waals surface area contributed by atoms with Gasteiger partial charge < -0.3 is 4.90 Å². The van der Waals surface area contributed by atoms with Crippen LogP contribution in [0.3, 0.4) is 0 Å². The molecule has 2 aromatic carbocycles. The van der Waals surface area contributed by atoms with Crippen LogP contribution in [-0.4, -0.2) is 31.7 Å². The second kappa shape index (κ2) is 8.84. The summed E-state index contributed by atoms with van der Waals surface area (Å²) < 4.78 is 92.2. The highest BCUT2D eigenvalue weighted by atomic mass is 35.5. The summed E-state index contributed by atoms with van der Waals surface area (Å²) >= 11 is 7.19. The van der Waals surface area contributed by atoms with Crippen molar-refractivity contribution < 1.29 is 30.4 Å². The Kier molecular flexibility index (Phi) is 6.41. The summed E-state index contributed by atoms with van der Waals surface area (Å²) in [5.41, 5.74) is -0.405. The molecule has 1 fully saturated rings. The summed E-state index contributed by atoms with van der Waals surface area (Å²) in [5, 5.41) is 1.06. The van der Waals surface area contributed by atoms with Crippen LogP contribution in [0.1, 0.15) is 18.4 Å². The van der Waals surface area contributed by atoms with Crippen molar-refractivity contribution in [1.29, 1.82) is 0 Å². The molecular formula is C21H16ClF5N2O2S2. The van der Waals surface area contributed by atoms with E-state index in [-0.39, 0.29) is 23.4 Å². The molecule has 0 amide bonds. The fraction of sp³-hybridized carbons (Fsp3) is 0.286. The number of alkyl halides is 3. The van der Waals surface area contributed by atoms with Gasteiger partial charge in [-0.3, -0.25) is 0 Å². The van der Waals surface area contributed by atoms with Gasteiger partial charge in [0.05, 0.1) is 26.4 Å². The molecule has 4 nitrogen and oxygen atoms in total. The van der Waals surface area contributed by atoms with E-state index in [0.29, 0.717) is 30.0 Å². The predicted molar refractivity (Wildman–Crippen MR) is 116 cm³/mol. The number of halogens is 6. The molecule has 0 N–H and O–H groups in total. The van der Waals surface area contributed by atoms with Crippen molar-refractivity contribution in [2.45, 2.75) is 29.2 Å². The molecule has 0 aliphatic carbocycles. The fourth-order valence-corrected chi connectivity index (χ4v) is 6.83. The van der Waals surface area contributed by atoms with Gasteiger partial charge >= 0.3 is 6.18 Å². The Morgan fingerprint density at radius 1 is 1.03 bits per heavy atom. The van der Waals surface area contributed by atoms with E-state index in [0.717, 1.165) is 18.2 Å². The van der Waals surface area contributed by atoms with Gasteiger partial charge in [-0.1, -0.05) is 11.6 Å². The normalized spacial score (nSPS) is 15.8. The molecule has 0 spiro atoms. The first-order chi connectivity index (χ1) is 15.4. The maximum absolute atomic E-state index is 13.5. The second-order valence-corrected chi connectivity index (χ2v) is 11.0. The number of hydrogen-bond donors (Lipinski definition) is 0. The van der Waals surface area contributed by atoms with Crippen molar-refractivity contribution in [2.75, 3.05) is 18.0 Å². The molecule has 1 aromatic heterocycles. The Morgan fingerprint density at radius 3 is 2.27 bits per heavy atom. The highest BCUT2D eigenvalue weighted by Gasteiger charge is 2.37. The van der Waals surface area contributed by atoms with Crippen LogP contribution in [0.5, 0.6) is 0 Å². The minimum absolute atomic E-state index is 0.165. The highest BCUT2D eigenvalue weighted by Crippen LogP contribution is 2.37. The fourth-order valence-electron chi connectivity index (χ4n) is 3.68. The minimum Gasteiger partial charge on any atom is -0.348 e. The third-order valence-electron chi connectivity index (χ3n) is 5.37. The Labute approximate surface area is 195 Å². The molecule has 12 heteroatoms. The van der Waals surface area contributed by atoms with Gasteiger partial charge in [-0.05, 0) is 43.2 Å². The van der Waals surface area contributed by atoms with E-state index in [1.54, 1.807) is 5.38 Å². The van der Waals surface area contributed by atoms with Crippen LogP contribution in [0.25, 0.3) is 11.3 Å². The first-order valence-corrected chi connectivity index (χ1v) is 12.5. The standard InChI is InChI=1S/C21H16ClF5N2O2S2/c22-17-2-1-13(21(25,26)27)9-19(17)33(30,31)16-3-5-29(6-4-16)20-28-18(11-32-20)12-7-14(23)10-15(24)8-12/h1-2,7-11,16H,3-6H2. The number of anilines is 1. The molecule has 33 heavy (non-hydrogen) atoms. The molecule has 1 aliphatic heterocycles. The molecule has 0 unspecified atom stereocenters. The van der Waals surface area contributed by atoms with Crippen LogP contribution in [0.4, 0.5) is 27.1 Å². The molecule has 2 heterocycles. The van der Waals surface area contributed by atoms with Gasteiger partial charge in [-0.2, -0.15) is 13.2 Å². The van der Waals surface area contributed by atoms with Crippen LogP contribution in [-0.2, 0) is 16.0 Å².